The van der Waals surface area contributed by atoms with Gasteiger partial charge < -0.3 is 30.7 Å². The second-order valence-corrected chi connectivity index (χ2v) is 9.57. The molecule has 2 aromatic rings. The third-order valence-electron chi connectivity index (χ3n) is 6.54. The van der Waals surface area contributed by atoms with E-state index in [-0.39, 0.29) is 30.5 Å². The summed E-state index contributed by atoms with van der Waals surface area (Å²) in [5.74, 6) is 0.167. The molecule has 2 aromatic carbocycles. The standard InChI is InChI=1S/C27H35FN4O4/c1-18(24-16-20(28)4-9-25(24)32-14-11-22(33)12-15-32)30-27(35)29-13-10-19-2-7-23(8-3-19)36-17-26(34)31-21-5-6-21/h2-4,7-9,16,18,21-22,33H,5-6,10-15,17H2,1H3,(H,31,34)(H2,29,30,35). The molecule has 2 fully saturated rings. The molecule has 0 aromatic heterocycles. The van der Waals surface area contributed by atoms with E-state index < -0.39 is 6.04 Å². The molecule has 3 amide bonds. The molecule has 1 aliphatic carbocycles. The maximum Gasteiger partial charge on any atom is 0.315 e. The highest BCUT2D eigenvalue weighted by atomic mass is 19.1. The summed E-state index contributed by atoms with van der Waals surface area (Å²) in [4.78, 5) is 26.3. The number of hydrogen-bond acceptors (Lipinski definition) is 5. The van der Waals surface area contributed by atoms with Crippen LogP contribution in [0.2, 0.25) is 0 Å². The van der Waals surface area contributed by atoms with Crippen LogP contribution < -0.4 is 25.6 Å². The summed E-state index contributed by atoms with van der Waals surface area (Å²) in [6, 6.07) is 11.7. The summed E-state index contributed by atoms with van der Waals surface area (Å²) < 4.78 is 19.5. The van der Waals surface area contributed by atoms with Gasteiger partial charge in [0, 0.05) is 36.9 Å². The average Bonchev–Trinajstić information content (AvgIpc) is 3.68. The number of ether oxygens (including phenoxy) is 1. The highest BCUT2D eigenvalue weighted by Crippen LogP contribution is 2.29. The van der Waals surface area contributed by atoms with Gasteiger partial charge in [0.2, 0.25) is 0 Å². The minimum atomic E-state index is -0.393. The van der Waals surface area contributed by atoms with Crippen LogP contribution in [0.25, 0.3) is 0 Å². The summed E-state index contributed by atoms with van der Waals surface area (Å²) in [7, 11) is 0. The summed E-state index contributed by atoms with van der Waals surface area (Å²) in [6.45, 7) is 3.65. The number of carbonyl (C=O) groups excluding carboxylic acids is 2. The Morgan fingerprint density at radius 2 is 1.83 bits per heavy atom. The maximum absolute atomic E-state index is 14.0. The van der Waals surface area contributed by atoms with Crippen LogP contribution in [-0.4, -0.2) is 55.4 Å². The van der Waals surface area contributed by atoms with Crippen molar-refractivity contribution in [3.63, 3.8) is 0 Å². The third kappa shape index (κ3) is 7.58. The van der Waals surface area contributed by atoms with Gasteiger partial charge in [0.15, 0.2) is 6.61 Å². The second-order valence-electron chi connectivity index (χ2n) is 9.57. The SMILES string of the molecule is CC(NC(=O)NCCc1ccc(OCC(=O)NC2CC2)cc1)c1cc(F)ccc1N1CCC(O)CC1. The van der Waals surface area contributed by atoms with Crippen LogP contribution >= 0.6 is 0 Å². The lowest BCUT2D eigenvalue weighted by molar-refractivity contribution is -0.123. The molecule has 8 nitrogen and oxygen atoms in total. The van der Waals surface area contributed by atoms with E-state index in [0.29, 0.717) is 56.3 Å². The Morgan fingerprint density at radius 1 is 1.11 bits per heavy atom. The molecule has 0 spiro atoms. The largest absolute Gasteiger partial charge is 0.484 e. The van der Waals surface area contributed by atoms with Crippen LogP contribution in [0.4, 0.5) is 14.9 Å². The van der Waals surface area contributed by atoms with Gasteiger partial charge in [-0.3, -0.25) is 4.79 Å². The summed E-state index contributed by atoms with van der Waals surface area (Å²) in [6.07, 6.45) is 3.76. The van der Waals surface area contributed by atoms with Gasteiger partial charge in [-0.25, -0.2) is 9.18 Å². The molecule has 4 N–H and O–H groups in total. The predicted octanol–water partition coefficient (Wildman–Crippen LogP) is 3.05. The molecule has 9 heteroatoms. The van der Waals surface area contributed by atoms with E-state index in [0.717, 1.165) is 24.1 Å². The van der Waals surface area contributed by atoms with E-state index in [9.17, 15) is 19.1 Å². The monoisotopic (exact) mass is 498 g/mol. The van der Waals surface area contributed by atoms with Gasteiger partial charge >= 0.3 is 6.03 Å². The number of piperidine rings is 1. The lowest BCUT2D eigenvalue weighted by Gasteiger charge is -2.34. The van der Waals surface area contributed by atoms with E-state index in [1.807, 2.05) is 31.2 Å². The first kappa shape index (κ1) is 25.8. The Labute approximate surface area is 211 Å². The van der Waals surface area contributed by atoms with Crippen molar-refractivity contribution in [2.45, 2.75) is 57.2 Å². The molecule has 0 bridgehead atoms. The van der Waals surface area contributed by atoms with Crippen LogP contribution in [0.5, 0.6) is 5.75 Å². The van der Waals surface area contributed by atoms with Crippen LogP contribution in [0, 0.1) is 5.82 Å². The molecular weight excluding hydrogens is 463 g/mol. The smallest absolute Gasteiger partial charge is 0.315 e. The van der Waals surface area contributed by atoms with Crippen molar-refractivity contribution in [2.24, 2.45) is 0 Å². The minimum Gasteiger partial charge on any atom is -0.484 e. The minimum absolute atomic E-state index is 0.00248. The van der Waals surface area contributed by atoms with Gasteiger partial charge in [0.25, 0.3) is 5.91 Å². The Balaban J connectivity index is 1.22. The van der Waals surface area contributed by atoms with Gasteiger partial charge in [-0.2, -0.15) is 0 Å². The molecular formula is C27H35FN4O4. The third-order valence-corrected chi connectivity index (χ3v) is 6.54. The summed E-state index contributed by atoms with van der Waals surface area (Å²) in [5.41, 5.74) is 2.62. The first-order valence-corrected chi connectivity index (χ1v) is 12.7. The lowest BCUT2D eigenvalue weighted by Crippen LogP contribution is -2.40. The van der Waals surface area contributed by atoms with Gasteiger partial charge in [-0.05, 0) is 74.9 Å². The molecule has 1 saturated carbocycles. The maximum atomic E-state index is 14.0. The molecule has 2 aliphatic rings. The van der Waals surface area contributed by atoms with Crippen LogP contribution in [0.3, 0.4) is 0 Å². The van der Waals surface area contributed by atoms with Crippen molar-refractivity contribution in [2.75, 3.05) is 31.1 Å². The zero-order valence-corrected chi connectivity index (χ0v) is 20.6. The molecule has 1 aliphatic heterocycles. The van der Waals surface area contributed by atoms with E-state index in [1.54, 1.807) is 6.07 Å². The normalized spacial score (nSPS) is 16.8. The molecule has 4 rings (SSSR count). The number of nitrogens with one attached hydrogen (secondary N) is 3. The first-order chi connectivity index (χ1) is 17.4. The molecule has 194 valence electrons. The number of amides is 3. The van der Waals surface area contributed by atoms with Gasteiger partial charge in [0.05, 0.1) is 12.1 Å². The number of hydrogen-bond donors (Lipinski definition) is 4. The average molecular weight is 499 g/mol. The van der Waals surface area contributed by atoms with Crippen molar-refractivity contribution in [1.82, 2.24) is 16.0 Å². The van der Waals surface area contributed by atoms with Crippen molar-refractivity contribution >= 4 is 17.6 Å². The van der Waals surface area contributed by atoms with Gasteiger partial charge in [0.1, 0.15) is 11.6 Å². The number of carbonyl (C=O) groups is 2. The van der Waals surface area contributed by atoms with Crippen LogP contribution in [0.1, 0.15) is 49.8 Å². The van der Waals surface area contributed by atoms with Gasteiger partial charge in [-0.15, -0.1) is 0 Å². The fourth-order valence-corrected chi connectivity index (χ4v) is 4.31. The van der Waals surface area contributed by atoms with Crippen molar-refractivity contribution in [3.05, 3.63) is 59.4 Å². The van der Waals surface area contributed by atoms with Crippen LogP contribution in [-0.2, 0) is 11.2 Å². The van der Waals surface area contributed by atoms with Crippen molar-refractivity contribution < 1.29 is 23.8 Å². The topological polar surface area (TPSA) is 103 Å². The number of benzene rings is 2. The second kappa shape index (κ2) is 12.1. The molecule has 36 heavy (non-hydrogen) atoms. The molecule has 1 heterocycles. The fourth-order valence-electron chi connectivity index (χ4n) is 4.31. The molecule has 1 unspecified atom stereocenters. The number of aliphatic hydroxyl groups excluding tert-OH is 1. The Morgan fingerprint density at radius 3 is 2.53 bits per heavy atom. The Bertz CT molecular complexity index is 1040. The number of anilines is 1. The fraction of sp³-hybridized carbons (Fsp3) is 0.481. The summed E-state index contributed by atoms with van der Waals surface area (Å²) >= 11 is 0. The number of rotatable bonds is 10. The van der Waals surface area contributed by atoms with Crippen molar-refractivity contribution in [3.8, 4) is 5.75 Å². The van der Waals surface area contributed by atoms with E-state index in [2.05, 4.69) is 20.9 Å². The zero-order chi connectivity index (χ0) is 25.5. The number of aliphatic hydroxyl groups is 1. The Kier molecular flexibility index (Phi) is 8.64. The van der Waals surface area contributed by atoms with E-state index >= 15 is 0 Å². The Hall–Kier alpha value is -3.33. The lowest BCUT2D eigenvalue weighted by atomic mass is 10.0. The van der Waals surface area contributed by atoms with E-state index in [1.165, 1.54) is 12.1 Å². The zero-order valence-electron chi connectivity index (χ0n) is 20.6. The number of halogens is 1. The summed E-state index contributed by atoms with van der Waals surface area (Å²) in [5, 5.41) is 18.4. The highest BCUT2D eigenvalue weighted by molar-refractivity contribution is 5.78. The van der Waals surface area contributed by atoms with Crippen LogP contribution in [0.15, 0.2) is 42.5 Å². The van der Waals surface area contributed by atoms with Gasteiger partial charge in [-0.1, -0.05) is 12.1 Å². The quantitative estimate of drug-likeness (QED) is 0.403. The molecule has 1 atom stereocenters. The first-order valence-electron chi connectivity index (χ1n) is 12.7. The molecule has 1 saturated heterocycles. The number of urea groups is 1. The highest BCUT2D eigenvalue weighted by Gasteiger charge is 2.24. The predicted molar refractivity (Wildman–Crippen MR) is 136 cm³/mol. The molecule has 0 radical (unpaired) electrons. The van der Waals surface area contributed by atoms with E-state index in [4.69, 9.17) is 4.74 Å². The van der Waals surface area contributed by atoms with Crippen molar-refractivity contribution in [1.29, 1.82) is 0 Å². The number of nitrogens with zero attached hydrogens (tertiary/aromatic N) is 1.